The Bertz CT molecular complexity index is 341. The molecule has 3 nitrogen and oxygen atoms in total. The fraction of sp³-hybridized carbons (Fsp3) is 0.800. The molecular formula is C15H27N3. The Balaban J connectivity index is 1.76. The minimum Gasteiger partial charge on any atom is -0.308 e. The zero-order valence-electron chi connectivity index (χ0n) is 11.9. The first-order valence-electron chi connectivity index (χ1n) is 7.57. The Kier molecular flexibility index (Phi) is 5.24. The largest absolute Gasteiger partial charge is 0.308 e. The molecule has 0 aromatic carbocycles. The van der Waals surface area contributed by atoms with Crippen molar-refractivity contribution in [3.05, 3.63) is 18.0 Å². The van der Waals surface area contributed by atoms with Gasteiger partial charge in [0.1, 0.15) is 0 Å². The Morgan fingerprint density at radius 1 is 1.44 bits per heavy atom. The van der Waals surface area contributed by atoms with E-state index in [-0.39, 0.29) is 0 Å². The topological polar surface area (TPSA) is 29.9 Å². The summed E-state index contributed by atoms with van der Waals surface area (Å²) in [6, 6.07) is 2.92. The summed E-state index contributed by atoms with van der Waals surface area (Å²) in [5.74, 6) is 0.786. The molecule has 1 aliphatic rings. The molecule has 0 saturated heterocycles. The second-order valence-corrected chi connectivity index (χ2v) is 5.60. The first-order chi connectivity index (χ1) is 8.81. The Morgan fingerprint density at radius 3 is 2.94 bits per heavy atom. The number of aromatic nitrogens is 2. The number of nitrogens with zero attached hydrogens (tertiary/aromatic N) is 2. The summed E-state index contributed by atoms with van der Waals surface area (Å²) < 4.78 is 2.13. The molecule has 1 aromatic rings. The lowest BCUT2D eigenvalue weighted by molar-refractivity contribution is 0.370. The van der Waals surface area contributed by atoms with Crippen molar-refractivity contribution in [2.75, 3.05) is 0 Å². The second-order valence-electron chi connectivity index (χ2n) is 5.60. The predicted octanol–water partition coefficient (Wildman–Crippen LogP) is 3.35. The van der Waals surface area contributed by atoms with Gasteiger partial charge in [-0.05, 0) is 31.2 Å². The minimum atomic E-state index is 0.767. The summed E-state index contributed by atoms with van der Waals surface area (Å²) in [5, 5.41) is 8.17. The molecule has 18 heavy (non-hydrogen) atoms. The summed E-state index contributed by atoms with van der Waals surface area (Å²) >= 11 is 0. The van der Waals surface area contributed by atoms with E-state index in [1.165, 1.54) is 44.2 Å². The van der Waals surface area contributed by atoms with Gasteiger partial charge in [-0.1, -0.05) is 33.1 Å². The molecule has 1 aromatic heterocycles. The van der Waals surface area contributed by atoms with Crippen molar-refractivity contribution in [2.24, 2.45) is 5.92 Å². The van der Waals surface area contributed by atoms with E-state index in [1.54, 1.807) is 0 Å². The maximum atomic E-state index is 4.66. The van der Waals surface area contributed by atoms with Crippen molar-refractivity contribution >= 4 is 0 Å². The summed E-state index contributed by atoms with van der Waals surface area (Å²) in [4.78, 5) is 0. The summed E-state index contributed by atoms with van der Waals surface area (Å²) in [5.41, 5.74) is 1.19. The van der Waals surface area contributed by atoms with Crippen LogP contribution in [0.3, 0.4) is 0 Å². The molecule has 1 aliphatic carbocycles. The maximum absolute atomic E-state index is 4.66. The third-order valence-electron chi connectivity index (χ3n) is 3.83. The van der Waals surface area contributed by atoms with Crippen LogP contribution in [-0.2, 0) is 13.1 Å². The van der Waals surface area contributed by atoms with Crippen LogP contribution < -0.4 is 5.32 Å². The molecule has 3 heteroatoms. The van der Waals surface area contributed by atoms with Crippen molar-refractivity contribution in [1.29, 1.82) is 0 Å². The molecule has 1 fully saturated rings. The third-order valence-corrected chi connectivity index (χ3v) is 3.83. The lowest BCUT2D eigenvalue weighted by Gasteiger charge is -2.14. The number of hydrogen-bond acceptors (Lipinski definition) is 2. The molecule has 102 valence electrons. The van der Waals surface area contributed by atoms with Crippen LogP contribution in [0, 0.1) is 5.92 Å². The highest BCUT2D eigenvalue weighted by molar-refractivity contribution is 4.99. The van der Waals surface area contributed by atoms with E-state index < -0.39 is 0 Å². The molecule has 2 rings (SSSR count). The van der Waals surface area contributed by atoms with Crippen LogP contribution in [0.25, 0.3) is 0 Å². The van der Waals surface area contributed by atoms with Gasteiger partial charge in [0.2, 0.25) is 0 Å². The molecule has 1 atom stereocenters. The molecule has 0 bridgehead atoms. The first-order valence-corrected chi connectivity index (χ1v) is 7.57. The predicted molar refractivity (Wildman–Crippen MR) is 75.4 cm³/mol. The molecule has 1 saturated carbocycles. The van der Waals surface area contributed by atoms with Crippen LogP contribution in [0.4, 0.5) is 0 Å². The van der Waals surface area contributed by atoms with Gasteiger partial charge in [-0.3, -0.25) is 4.68 Å². The van der Waals surface area contributed by atoms with Gasteiger partial charge in [-0.25, -0.2) is 0 Å². The monoisotopic (exact) mass is 249 g/mol. The lowest BCUT2D eigenvalue weighted by atomic mass is 10.00. The highest BCUT2D eigenvalue weighted by Crippen LogP contribution is 2.19. The second kappa shape index (κ2) is 6.93. The van der Waals surface area contributed by atoms with Crippen LogP contribution in [-0.4, -0.2) is 15.8 Å². The highest BCUT2D eigenvalue weighted by atomic mass is 15.3. The van der Waals surface area contributed by atoms with Crippen molar-refractivity contribution in [3.8, 4) is 0 Å². The Labute approximate surface area is 111 Å². The van der Waals surface area contributed by atoms with Gasteiger partial charge in [-0.15, -0.1) is 0 Å². The highest BCUT2D eigenvalue weighted by Gasteiger charge is 2.20. The zero-order valence-corrected chi connectivity index (χ0v) is 11.9. The van der Waals surface area contributed by atoms with Crippen molar-refractivity contribution in [1.82, 2.24) is 15.1 Å². The maximum Gasteiger partial charge on any atom is 0.0762 e. The van der Waals surface area contributed by atoms with Crippen LogP contribution in [0.15, 0.2) is 12.3 Å². The molecule has 1 heterocycles. The van der Waals surface area contributed by atoms with Gasteiger partial charge in [0.05, 0.1) is 5.69 Å². The standard InChI is InChI=1S/C15H27N3/c1-3-5-6-13(4-2)12-18-10-9-15(17-18)11-16-14-7-8-14/h9-10,13-14,16H,3-8,11-12H2,1-2H3. The molecule has 0 amide bonds. The van der Waals surface area contributed by atoms with Crippen molar-refractivity contribution in [2.45, 2.75) is 71.5 Å². The average Bonchev–Trinajstić information content (AvgIpc) is 3.12. The smallest absolute Gasteiger partial charge is 0.0762 e. The molecule has 1 unspecified atom stereocenters. The normalized spacial score (nSPS) is 17.0. The van der Waals surface area contributed by atoms with E-state index >= 15 is 0 Å². The summed E-state index contributed by atoms with van der Waals surface area (Å²) in [6.45, 7) is 6.57. The van der Waals surface area contributed by atoms with Crippen LogP contribution in [0.5, 0.6) is 0 Å². The van der Waals surface area contributed by atoms with Gasteiger partial charge in [0.15, 0.2) is 0 Å². The summed E-state index contributed by atoms with van der Waals surface area (Å²) in [6.07, 6.45) is 10.1. The number of nitrogens with one attached hydrogen (secondary N) is 1. The van der Waals surface area contributed by atoms with Crippen molar-refractivity contribution < 1.29 is 0 Å². The van der Waals surface area contributed by atoms with E-state index in [0.717, 1.165) is 25.0 Å². The average molecular weight is 249 g/mol. The van der Waals surface area contributed by atoms with Gasteiger partial charge in [-0.2, -0.15) is 5.10 Å². The minimum absolute atomic E-state index is 0.767. The SMILES string of the molecule is CCCCC(CC)Cn1ccc(CNC2CC2)n1. The molecule has 0 radical (unpaired) electrons. The number of hydrogen-bond donors (Lipinski definition) is 1. The van der Waals surface area contributed by atoms with E-state index in [1.807, 2.05) is 0 Å². The van der Waals surface area contributed by atoms with Crippen LogP contribution >= 0.6 is 0 Å². The zero-order chi connectivity index (χ0) is 12.8. The molecule has 0 aliphatic heterocycles. The lowest BCUT2D eigenvalue weighted by Crippen LogP contribution is -2.16. The fourth-order valence-corrected chi connectivity index (χ4v) is 2.32. The number of unbranched alkanes of at least 4 members (excludes halogenated alkanes) is 1. The van der Waals surface area contributed by atoms with Gasteiger partial charge in [0, 0.05) is 25.3 Å². The number of rotatable bonds is 9. The van der Waals surface area contributed by atoms with Crippen LogP contribution in [0.1, 0.15) is 58.1 Å². The molecular weight excluding hydrogens is 222 g/mol. The van der Waals surface area contributed by atoms with E-state index in [4.69, 9.17) is 0 Å². The summed E-state index contributed by atoms with van der Waals surface area (Å²) in [7, 11) is 0. The quantitative estimate of drug-likeness (QED) is 0.727. The Morgan fingerprint density at radius 2 is 2.28 bits per heavy atom. The molecule has 1 N–H and O–H groups in total. The van der Waals surface area contributed by atoms with Gasteiger partial charge >= 0.3 is 0 Å². The van der Waals surface area contributed by atoms with Crippen molar-refractivity contribution in [3.63, 3.8) is 0 Å². The third kappa shape index (κ3) is 4.45. The van der Waals surface area contributed by atoms with Gasteiger partial charge < -0.3 is 5.32 Å². The van der Waals surface area contributed by atoms with Crippen LogP contribution in [0.2, 0.25) is 0 Å². The Hall–Kier alpha value is -0.830. The van der Waals surface area contributed by atoms with E-state index in [2.05, 4.69) is 41.2 Å². The van der Waals surface area contributed by atoms with Gasteiger partial charge in [0.25, 0.3) is 0 Å². The fourth-order valence-electron chi connectivity index (χ4n) is 2.32. The van der Waals surface area contributed by atoms with E-state index in [9.17, 15) is 0 Å². The first kappa shape index (κ1) is 13.6. The molecule has 0 spiro atoms. The van der Waals surface area contributed by atoms with E-state index in [0.29, 0.717) is 0 Å².